The zero-order chi connectivity index (χ0) is 22.2. The number of nitrogens with two attached hydrogens (primary N) is 2. The summed E-state index contributed by atoms with van der Waals surface area (Å²) >= 11 is 0. The molecule has 0 saturated carbocycles. The van der Waals surface area contributed by atoms with E-state index in [1.165, 1.54) is 16.8 Å². The summed E-state index contributed by atoms with van der Waals surface area (Å²) in [4.78, 5) is 14.0. The van der Waals surface area contributed by atoms with Crippen LogP contribution in [-0.4, -0.2) is 12.5 Å². The van der Waals surface area contributed by atoms with Crippen molar-refractivity contribution < 1.29 is 4.79 Å². The number of amides is 1. The summed E-state index contributed by atoms with van der Waals surface area (Å²) in [5, 5.41) is 0. The molecule has 1 amide bonds. The molecule has 4 N–H and O–H groups in total. The number of rotatable bonds is 5. The summed E-state index contributed by atoms with van der Waals surface area (Å²) in [6.07, 6.45) is 1.09. The molecule has 4 heteroatoms. The molecule has 160 valence electrons. The van der Waals surface area contributed by atoms with E-state index in [1.54, 1.807) is 12.1 Å². The lowest BCUT2D eigenvalue weighted by Crippen LogP contribution is -2.37. The third-order valence-corrected chi connectivity index (χ3v) is 6.43. The molecular weight excluding hydrogens is 382 g/mol. The van der Waals surface area contributed by atoms with Crippen molar-refractivity contribution >= 4 is 11.6 Å². The lowest BCUT2D eigenvalue weighted by molar-refractivity contribution is 0.100. The summed E-state index contributed by atoms with van der Waals surface area (Å²) in [7, 11) is 0. The molecule has 4 rings (SSSR count). The van der Waals surface area contributed by atoms with Gasteiger partial charge in [0.05, 0.1) is 0 Å². The second-order valence-electron chi connectivity index (χ2n) is 9.23. The number of fused-ring (bicyclic) bond motifs is 1. The number of carbonyl (C=O) groups is 1. The monoisotopic (exact) mass is 413 g/mol. The van der Waals surface area contributed by atoms with E-state index in [2.05, 4.69) is 61.2 Å². The van der Waals surface area contributed by atoms with Crippen molar-refractivity contribution in [1.82, 2.24) is 0 Å². The van der Waals surface area contributed by atoms with Crippen LogP contribution in [0.4, 0.5) is 5.69 Å². The Morgan fingerprint density at radius 1 is 1.06 bits per heavy atom. The standard InChI is InChI=1S/C27H31N3O/c1-18(28)22-16-25-24(15-23(22)20-9-11-21(12-10-20)26(29)31)27(2,3)13-14-30(25)17-19-7-5-4-6-8-19/h4-12,15-16,18H,13-14,17,28H2,1-3H3,(H2,29,31). The first-order valence-electron chi connectivity index (χ1n) is 10.9. The van der Waals surface area contributed by atoms with Gasteiger partial charge in [-0.3, -0.25) is 4.79 Å². The van der Waals surface area contributed by atoms with Gasteiger partial charge in [-0.15, -0.1) is 0 Å². The van der Waals surface area contributed by atoms with Crippen molar-refractivity contribution in [1.29, 1.82) is 0 Å². The fraction of sp³-hybridized carbons (Fsp3) is 0.296. The number of primary amides is 1. The van der Waals surface area contributed by atoms with Crippen LogP contribution in [0.5, 0.6) is 0 Å². The molecule has 31 heavy (non-hydrogen) atoms. The molecule has 4 nitrogen and oxygen atoms in total. The van der Waals surface area contributed by atoms with Crippen LogP contribution in [0.15, 0.2) is 66.7 Å². The minimum absolute atomic E-state index is 0.0702. The van der Waals surface area contributed by atoms with Crippen molar-refractivity contribution in [2.24, 2.45) is 11.5 Å². The van der Waals surface area contributed by atoms with E-state index in [1.807, 2.05) is 19.1 Å². The molecule has 0 fully saturated rings. The lowest BCUT2D eigenvalue weighted by Gasteiger charge is -2.41. The third-order valence-electron chi connectivity index (χ3n) is 6.43. The molecule has 0 bridgehead atoms. The van der Waals surface area contributed by atoms with Crippen molar-refractivity contribution in [3.05, 3.63) is 89.0 Å². The van der Waals surface area contributed by atoms with E-state index in [0.717, 1.165) is 36.2 Å². The molecule has 0 saturated heterocycles. The fourth-order valence-corrected chi connectivity index (χ4v) is 4.49. The van der Waals surface area contributed by atoms with Crippen LogP contribution in [0, 0.1) is 0 Å². The maximum Gasteiger partial charge on any atom is 0.248 e. The quantitative estimate of drug-likeness (QED) is 0.607. The van der Waals surface area contributed by atoms with E-state index in [9.17, 15) is 4.79 Å². The first-order valence-corrected chi connectivity index (χ1v) is 10.9. The highest BCUT2D eigenvalue weighted by Crippen LogP contribution is 2.44. The largest absolute Gasteiger partial charge is 0.367 e. The van der Waals surface area contributed by atoms with E-state index < -0.39 is 5.91 Å². The number of carbonyl (C=O) groups excluding carboxylic acids is 1. The minimum atomic E-state index is -0.415. The maximum absolute atomic E-state index is 11.5. The molecule has 3 aromatic carbocycles. The van der Waals surface area contributed by atoms with E-state index in [0.29, 0.717) is 5.56 Å². The van der Waals surface area contributed by atoms with Crippen LogP contribution >= 0.6 is 0 Å². The van der Waals surface area contributed by atoms with Gasteiger partial charge in [-0.05, 0) is 70.8 Å². The molecule has 1 aliphatic heterocycles. The number of hydrogen-bond donors (Lipinski definition) is 2. The zero-order valence-electron chi connectivity index (χ0n) is 18.6. The predicted octanol–water partition coefficient (Wildman–Crippen LogP) is 5.16. The topological polar surface area (TPSA) is 72.3 Å². The number of hydrogen-bond acceptors (Lipinski definition) is 3. The van der Waals surface area contributed by atoms with Crippen LogP contribution in [0.3, 0.4) is 0 Å². The number of anilines is 1. The molecule has 0 spiro atoms. The maximum atomic E-state index is 11.5. The molecule has 1 aliphatic rings. The van der Waals surface area contributed by atoms with Crippen molar-refractivity contribution in [3.8, 4) is 11.1 Å². The zero-order valence-corrected chi connectivity index (χ0v) is 18.6. The second-order valence-corrected chi connectivity index (χ2v) is 9.23. The van der Waals surface area contributed by atoms with Gasteiger partial charge >= 0.3 is 0 Å². The Balaban J connectivity index is 1.83. The average molecular weight is 414 g/mol. The van der Waals surface area contributed by atoms with E-state index >= 15 is 0 Å². The normalized spacial score (nSPS) is 15.9. The molecule has 0 aliphatic carbocycles. The Hall–Kier alpha value is -3.11. The van der Waals surface area contributed by atoms with Crippen LogP contribution in [0.2, 0.25) is 0 Å². The molecule has 3 aromatic rings. The second kappa shape index (κ2) is 8.20. The Morgan fingerprint density at radius 3 is 2.35 bits per heavy atom. The van der Waals surface area contributed by atoms with Gasteiger partial charge in [0.2, 0.25) is 5.91 Å². The summed E-state index contributed by atoms with van der Waals surface area (Å²) in [6, 6.07) is 22.6. The van der Waals surface area contributed by atoms with Gasteiger partial charge in [0, 0.05) is 30.4 Å². The predicted molar refractivity (Wildman–Crippen MR) is 128 cm³/mol. The molecule has 0 radical (unpaired) electrons. The van der Waals surface area contributed by atoms with Crippen LogP contribution in [0.25, 0.3) is 11.1 Å². The van der Waals surface area contributed by atoms with Gasteiger partial charge in [0.1, 0.15) is 0 Å². The Morgan fingerprint density at radius 2 is 1.74 bits per heavy atom. The highest BCUT2D eigenvalue weighted by Gasteiger charge is 2.32. The lowest BCUT2D eigenvalue weighted by atomic mass is 9.75. The number of nitrogens with zero attached hydrogens (tertiary/aromatic N) is 1. The fourth-order valence-electron chi connectivity index (χ4n) is 4.49. The summed E-state index contributed by atoms with van der Waals surface area (Å²) in [5.41, 5.74) is 19.6. The van der Waals surface area contributed by atoms with Gasteiger partial charge in [0.25, 0.3) is 0 Å². The molecule has 1 unspecified atom stereocenters. The highest BCUT2D eigenvalue weighted by molar-refractivity contribution is 5.93. The average Bonchev–Trinajstić information content (AvgIpc) is 2.76. The molecular formula is C27H31N3O. The molecule has 1 heterocycles. The minimum Gasteiger partial charge on any atom is -0.367 e. The highest BCUT2D eigenvalue weighted by atomic mass is 16.1. The Kier molecular flexibility index (Phi) is 5.59. The Labute approximate surface area is 184 Å². The van der Waals surface area contributed by atoms with Gasteiger partial charge in [-0.2, -0.15) is 0 Å². The van der Waals surface area contributed by atoms with Crippen molar-refractivity contribution in [2.45, 2.75) is 45.2 Å². The number of benzene rings is 3. The SMILES string of the molecule is CC(N)c1cc2c(cc1-c1ccc(C(N)=O)cc1)C(C)(C)CCN2Cc1ccccc1. The first kappa shape index (κ1) is 21.1. The van der Waals surface area contributed by atoms with Crippen molar-refractivity contribution in [2.75, 3.05) is 11.4 Å². The van der Waals surface area contributed by atoms with Crippen molar-refractivity contribution in [3.63, 3.8) is 0 Å². The van der Waals surface area contributed by atoms with Gasteiger partial charge in [-0.1, -0.05) is 56.3 Å². The third kappa shape index (κ3) is 4.21. The Bertz CT molecular complexity index is 1090. The smallest absolute Gasteiger partial charge is 0.248 e. The van der Waals surface area contributed by atoms with Crippen LogP contribution < -0.4 is 16.4 Å². The van der Waals surface area contributed by atoms with Crippen LogP contribution in [0.1, 0.15) is 60.3 Å². The van der Waals surface area contributed by atoms with E-state index in [-0.39, 0.29) is 11.5 Å². The van der Waals surface area contributed by atoms with Gasteiger partial charge in [0.15, 0.2) is 0 Å². The summed E-state index contributed by atoms with van der Waals surface area (Å²) in [6.45, 7) is 8.56. The van der Waals surface area contributed by atoms with Crippen LogP contribution in [-0.2, 0) is 12.0 Å². The first-order chi connectivity index (χ1) is 14.8. The van der Waals surface area contributed by atoms with E-state index in [4.69, 9.17) is 11.5 Å². The van der Waals surface area contributed by atoms with Gasteiger partial charge < -0.3 is 16.4 Å². The summed E-state index contributed by atoms with van der Waals surface area (Å²) < 4.78 is 0. The molecule has 0 aromatic heterocycles. The van der Waals surface area contributed by atoms with Gasteiger partial charge in [-0.25, -0.2) is 0 Å². The molecule has 1 atom stereocenters. The summed E-state index contributed by atoms with van der Waals surface area (Å²) in [5.74, 6) is -0.415.